The molecule has 1 atom stereocenters. The highest BCUT2D eigenvalue weighted by Gasteiger charge is 2.17. The van der Waals surface area contributed by atoms with Gasteiger partial charge in [0.25, 0.3) is 5.91 Å². The highest BCUT2D eigenvalue weighted by molar-refractivity contribution is 6.36. The molecule has 0 spiro atoms. The minimum atomic E-state index is -0.413. The van der Waals surface area contributed by atoms with Gasteiger partial charge in [-0.05, 0) is 31.0 Å². The average molecular weight is 331 g/mol. The molecule has 1 aliphatic rings. The molecule has 0 radical (unpaired) electrons. The maximum Gasteiger partial charge on any atom is 0.253 e. The van der Waals surface area contributed by atoms with Crippen molar-refractivity contribution in [3.8, 4) is 0 Å². The fourth-order valence-corrected chi connectivity index (χ4v) is 2.52. The van der Waals surface area contributed by atoms with Gasteiger partial charge >= 0.3 is 0 Å². The number of halogens is 2. The third-order valence-corrected chi connectivity index (χ3v) is 3.68. The summed E-state index contributed by atoms with van der Waals surface area (Å²) < 4.78 is 5.39. The first-order valence-corrected chi connectivity index (χ1v) is 7.43. The molecule has 0 aliphatic carbocycles. The van der Waals surface area contributed by atoms with E-state index >= 15 is 0 Å². The standard InChI is InChI=1S/C14H16Cl2N2O3/c15-9-3-4-11(12(16)6-9)14(20)18-8-13(19)17-7-10-2-1-5-21-10/h3-4,6,10H,1-2,5,7-8H2,(H,17,19)(H,18,20)/t10-/m0/s1. The third-order valence-electron chi connectivity index (χ3n) is 3.14. The van der Waals surface area contributed by atoms with Crippen molar-refractivity contribution in [1.82, 2.24) is 10.6 Å². The molecular weight excluding hydrogens is 315 g/mol. The molecule has 1 saturated heterocycles. The summed E-state index contributed by atoms with van der Waals surface area (Å²) in [6.45, 7) is 1.10. The topological polar surface area (TPSA) is 67.4 Å². The SMILES string of the molecule is O=C(CNC(=O)c1ccc(Cl)cc1Cl)NC[C@@H]1CCCO1. The Morgan fingerprint density at radius 3 is 2.76 bits per heavy atom. The van der Waals surface area contributed by atoms with Gasteiger partial charge in [0.05, 0.1) is 23.2 Å². The van der Waals surface area contributed by atoms with Crippen LogP contribution in [0.5, 0.6) is 0 Å². The Hall–Kier alpha value is -1.30. The Kier molecular flexibility index (Phi) is 5.85. The maximum absolute atomic E-state index is 11.9. The summed E-state index contributed by atoms with van der Waals surface area (Å²) in [4.78, 5) is 23.5. The fourth-order valence-electron chi connectivity index (χ4n) is 2.02. The van der Waals surface area contributed by atoms with E-state index in [0.29, 0.717) is 11.6 Å². The monoisotopic (exact) mass is 330 g/mol. The molecule has 1 aromatic carbocycles. The molecule has 0 aromatic heterocycles. The Morgan fingerprint density at radius 1 is 1.29 bits per heavy atom. The zero-order valence-corrected chi connectivity index (χ0v) is 12.8. The van der Waals surface area contributed by atoms with E-state index in [-0.39, 0.29) is 29.1 Å². The molecule has 7 heteroatoms. The molecule has 1 heterocycles. The minimum absolute atomic E-state index is 0.0790. The molecule has 2 rings (SSSR count). The summed E-state index contributed by atoms with van der Waals surface area (Å²) >= 11 is 11.7. The van der Waals surface area contributed by atoms with Crippen LogP contribution in [-0.2, 0) is 9.53 Å². The lowest BCUT2D eigenvalue weighted by molar-refractivity contribution is -0.120. The van der Waals surface area contributed by atoms with Crippen molar-refractivity contribution in [2.45, 2.75) is 18.9 Å². The van der Waals surface area contributed by atoms with Crippen LogP contribution in [0.2, 0.25) is 10.0 Å². The second-order valence-electron chi connectivity index (χ2n) is 4.75. The lowest BCUT2D eigenvalue weighted by Gasteiger charge is -2.11. The summed E-state index contributed by atoms with van der Waals surface area (Å²) in [5.41, 5.74) is 0.285. The summed E-state index contributed by atoms with van der Waals surface area (Å²) in [6, 6.07) is 4.57. The van der Waals surface area contributed by atoms with Gasteiger partial charge in [0.15, 0.2) is 0 Å². The second-order valence-corrected chi connectivity index (χ2v) is 5.59. The molecule has 1 aliphatic heterocycles. The van der Waals surface area contributed by atoms with Gasteiger partial charge in [-0.15, -0.1) is 0 Å². The Labute approximate surface area is 132 Å². The first-order valence-electron chi connectivity index (χ1n) is 6.68. The van der Waals surface area contributed by atoms with Crippen LogP contribution in [0.4, 0.5) is 0 Å². The maximum atomic E-state index is 11.9. The molecule has 2 N–H and O–H groups in total. The zero-order valence-electron chi connectivity index (χ0n) is 11.3. The zero-order chi connectivity index (χ0) is 15.2. The normalized spacial score (nSPS) is 17.5. The molecule has 114 valence electrons. The van der Waals surface area contributed by atoms with E-state index in [2.05, 4.69) is 10.6 Å². The first-order chi connectivity index (χ1) is 10.1. The van der Waals surface area contributed by atoms with Crippen molar-refractivity contribution in [2.75, 3.05) is 19.7 Å². The number of carbonyl (C=O) groups excluding carboxylic acids is 2. The molecule has 21 heavy (non-hydrogen) atoms. The summed E-state index contributed by atoms with van der Waals surface area (Å²) in [6.07, 6.45) is 2.05. The third kappa shape index (κ3) is 4.88. The number of ether oxygens (including phenoxy) is 1. The largest absolute Gasteiger partial charge is 0.376 e. The smallest absolute Gasteiger partial charge is 0.253 e. The summed E-state index contributed by atoms with van der Waals surface area (Å²) in [5, 5.41) is 5.94. The number of benzene rings is 1. The van der Waals surface area contributed by atoms with Crippen LogP contribution in [0.15, 0.2) is 18.2 Å². The molecule has 0 unspecified atom stereocenters. The van der Waals surface area contributed by atoms with Gasteiger partial charge in [-0.1, -0.05) is 23.2 Å². The highest BCUT2D eigenvalue weighted by atomic mass is 35.5. The number of amides is 2. The minimum Gasteiger partial charge on any atom is -0.376 e. The molecule has 1 aromatic rings. The number of carbonyl (C=O) groups is 2. The van der Waals surface area contributed by atoms with Crippen LogP contribution >= 0.6 is 23.2 Å². The van der Waals surface area contributed by atoms with E-state index in [0.717, 1.165) is 19.4 Å². The van der Waals surface area contributed by atoms with E-state index in [9.17, 15) is 9.59 Å². The van der Waals surface area contributed by atoms with Crippen molar-refractivity contribution in [2.24, 2.45) is 0 Å². The Bertz CT molecular complexity index is 531. The quantitative estimate of drug-likeness (QED) is 0.867. The van der Waals surface area contributed by atoms with E-state index in [1.807, 2.05) is 0 Å². The lowest BCUT2D eigenvalue weighted by Crippen LogP contribution is -2.40. The number of hydrogen-bond acceptors (Lipinski definition) is 3. The summed E-state index contributed by atoms with van der Waals surface area (Å²) in [5.74, 6) is -0.673. The van der Waals surface area contributed by atoms with Gasteiger partial charge in [0.2, 0.25) is 5.91 Å². The van der Waals surface area contributed by atoms with Gasteiger partial charge in [-0.25, -0.2) is 0 Å². The first kappa shape index (κ1) is 16.1. The Morgan fingerprint density at radius 2 is 2.10 bits per heavy atom. The highest BCUT2D eigenvalue weighted by Crippen LogP contribution is 2.20. The molecule has 0 bridgehead atoms. The predicted octanol–water partition coefficient (Wildman–Crippen LogP) is 2.02. The van der Waals surface area contributed by atoms with E-state index in [1.54, 1.807) is 6.07 Å². The van der Waals surface area contributed by atoms with Crippen LogP contribution in [0.25, 0.3) is 0 Å². The lowest BCUT2D eigenvalue weighted by atomic mass is 10.2. The van der Waals surface area contributed by atoms with Gasteiger partial charge in [0, 0.05) is 18.2 Å². The van der Waals surface area contributed by atoms with E-state index in [4.69, 9.17) is 27.9 Å². The average Bonchev–Trinajstić information content (AvgIpc) is 2.95. The van der Waals surface area contributed by atoms with Gasteiger partial charge < -0.3 is 15.4 Å². The number of hydrogen-bond donors (Lipinski definition) is 2. The number of rotatable bonds is 5. The van der Waals surface area contributed by atoms with Crippen molar-refractivity contribution < 1.29 is 14.3 Å². The van der Waals surface area contributed by atoms with Gasteiger partial charge in [-0.3, -0.25) is 9.59 Å². The Balaban J connectivity index is 1.76. The fraction of sp³-hybridized carbons (Fsp3) is 0.429. The van der Waals surface area contributed by atoms with Crippen LogP contribution in [0, 0.1) is 0 Å². The molecule has 1 fully saturated rings. The van der Waals surface area contributed by atoms with Crippen molar-refractivity contribution in [3.63, 3.8) is 0 Å². The molecular formula is C14H16Cl2N2O3. The van der Waals surface area contributed by atoms with Crippen molar-refractivity contribution >= 4 is 35.0 Å². The van der Waals surface area contributed by atoms with Gasteiger partial charge in [0.1, 0.15) is 0 Å². The molecule has 2 amide bonds. The predicted molar refractivity (Wildman–Crippen MR) is 80.8 cm³/mol. The molecule has 5 nitrogen and oxygen atoms in total. The van der Waals surface area contributed by atoms with E-state index < -0.39 is 5.91 Å². The van der Waals surface area contributed by atoms with Crippen molar-refractivity contribution in [3.05, 3.63) is 33.8 Å². The van der Waals surface area contributed by atoms with Crippen LogP contribution in [0.1, 0.15) is 23.2 Å². The van der Waals surface area contributed by atoms with Crippen molar-refractivity contribution in [1.29, 1.82) is 0 Å². The second kappa shape index (κ2) is 7.64. The summed E-state index contributed by atoms with van der Waals surface area (Å²) in [7, 11) is 0. The van der Waals surface area contributed by atoms with Crippen LogP contribution in [0.3, 0.4) is 0 Å². The van der Waals surface area contributed by atoms with Crippen LogP contribution < -0.4 is 10.6 Å². The number of nitrogens with one attached hydrogen (secondary N) is 2. The van der Waals surface area contributed by atoms with Crippen LogP contribution in [-0.4, -0.2) is 37.6 Å². The van der Waals surface area contributed by atoms with Gasteiger partial charge in [-0.2, -0.15) is 0 Å². The van der Waals surface area contributed by atoms with E-state index in [1.165, 1.54) is 12.1 Å². The molecule has 0 saturated carbocycles.